The Kier molecular flexibility index (Phi) is 2.77. The zero-order valence-corrected chi connectivity index (χ0v) is 10.1. The Hall–Kier alpha value is -1.48. The number of hydrogen-bond donors (Lipinski definition) is 0. The van der Waals surface area contributed by atoms with Crippen LogP contribution in [-0.2, 0) is 12.8 Å². The van der Waals surface area contributed by atoms with Gasteiger partial charge in [0.05, 0.1) is 0 Å². The normalized spacial score (nSPS) is 13.6. The zero-order valence-electron chi connectivity index (χ0n) is 9.31. The smallest absolute Gasteiger partial charge is 0.185 e. The van der Waals surface area contributed by atoms with Gasteiger partial charge in [-0.15, -0.1) is 0 Å². The fourth-order valence-electron chi connectivity index (χ4n) is 2.18. The highest BCUT2D eigenvalue weighted by Crippen LogP contribution is 2.32. The highest BCUT2D eigenvalue weighted by Gasteiger charge is 2.12. The highest BCUT2D eigenvalue weighted by molar-refractivity contribution is 7.99. The van der Waals surface area contributed by atoms with Crippen molar-refractivity contribution in [3.8, 4) is 0 Å². The van der Waals surface area contributed by atoms with E-state index in [0.717, 1.165) is 11.4 Å². The largest absolute Gasteiger partial charge is 0.447 e. The number of benzene rings is 1. The molecule has 0 N–H and O–H groups in total. The van der Waals surface area contributed by atoms with Gasteiger partial charge in [-0.2, -0.15) is 0 Å². The number of hydrogen-bond acceptors (Lipinski definition) is 3. The van der Waals surface area contributed by atoms with Crippen molar-refractivity contribution in [2.24, 2.45) is 0 Å². The molecule has 2 nitrogen and oxygen atoms in total. The van der Waals surface area contributed by atoms with Gasteiger partial charge in [0.1, 0.15) is 0 Å². The monoisotopic (exact) mass is 244 g/mol. The summed E-state index contributed by atoms with van der Waals surface area (Å²) in [5.74, 6) is 0.383. The molecule has 0 spiro atoms. The average Bonchev–Trinajstić information content (AvgIpc) is 2.96. The van der Waals surface area contributed by atoms with Crippen LogP contribution in [0.25, 0.3) is 0 Å². The third-order valence-electron chi connectivity index (χ3n) is 3.01. The summed E-state index contributed by atoms with van der Waals surface area (Å²) < 4.78 is 5.35. The molecule has 0 saturated carbocycles. The summed E-state index contributed by atoms with van der Waals surface area (Å²) in [6.45, 7) is 0. The van der Waals surface area contributed by atoms with Gasteiger partial charge in [0.2, 0.25) is 0 Å². The molecule has 1 aliphatic rings. The molecule has 0 bridgehead atoms. The van der Waals surface area contributed by atoms with E-state index in [2.05, 4.69) is 18.2 Å². The number of carbonyl (C=O) groups excluding carboxylic acids is 1. The lowest BCUT2D eigenvalue weighted by Gasteiger charge is -2.02. The van der Waals surface area contributed by atoms with Crippen LogP contribution in [-0.4, -0.2) is 6.29 Å². The molecule has 0 atom stereocenters. The van der Waals surface area contributed by atoms with E-state index in [-0.39, 0.29) is 0 Å². The van der Waals surface area contributed by atoms with Crippen LogP contribution < -0.4 is 0 Å². The maximum absolute atomic E-state index is 10.5. The first-order valence-electron chi connectivity index (χ1n) is 5.70. The molecule has 17 heavy (non-hydrogen) atoms. The van der Waals surface area contributed by atoms with E-state index in [1.807, 2.05) is 6.07 Å². The predicted octanol–water partition coefficient (Wildman–Crippen LogP) is 3.73. The second-order valence-electron chi connectivity index (χ2n) is 4.16. The van der Waals surface area contributed by atoms with Gasteiger partial charge in [-0.1, -0.05) is 17.8 Å². The number of furan rings is 1. The number of aldehydes is 1. The van der Waals surface area contributed by atoms with Gasteiger partial charge < -0.3 is 4.42 Å². The Morgan fingerprint density at radius 1 is 1.12 bits per heavy atom. The minimum Gasteiger partial charge on any atom is -0.447 e. The van der Waals surface area contributed by atoms with Crippen LogP contribution in [0.5, 0.6) is 0 Å². The fraction of sp³-hybridized carbons (Fsp3) is 0.214. The molecule has 0 aliphatic heterocycles. The molecular formula is C14H12O2S. The van der Waals surface area contributed by atoms with Crippen molar-refractivity contribution in [2.75, 3.05) is 0 Å². The molecule has 0 saturated heterocycles. The molecule has 0 fully saturated rings. The van der Waals surface area contributed by atoms with Gasteiger partial charge in [0, 0.05) is 4.90 Å². The van der Waals surface area contributed by atoms with Crippen LogP contribution in [0, 0.1) is 0 Å². The molecule has 1 heterocycles. The zero-order chi connectivity index (χ0) is 11.7. The number of carbonyl (C=O) groups is 1. The van der Waals surface area contributed by atoms with Gasteiger partial charge in [0.15, 0.2) is 17.1 Å². The standard InChI is InChI=1S/C14H12O2S/c15-9-12-5-7-14(16-12)17-13-6-4-10-2-1-3-11(10)8-13/h4-9H,1-3H2. The average molecular weight is 244 g/mol. The second-order valence-corrected chi connectivity index (χ2v) is 5.24. The topological polar surface area (TPSA) is 30.2 Å². The summed E-state index contributed by atoms with van der Waals surface area (Å²) >= 11 is 1.56. The van der Waals surface area contributed by atoms with Gasteiger partial charge in [-0.05, 0) is 54.7 Å². The van der Waals surface area contributed by atoms with Crippen molar-refractivity contribution >= 4 is 18.0 Å². The second kappa shape index (κ2) is 4.41. The molecule has 1 aliphatic carbocycles. The van der Waals surface area contributed by atoms with Crippen molar-refractivity contribution in [1.82, 2.24) is 0 Å². The molecular weight excluding hydrogens is 232 g/mol. The molecule has 0 unspecified atom stereocenters. The summed E-state index contributed by atoms with van der Waals surface area (Å²) in [5.41, 5.74) is 2.93. The van der Waals surface area contributed by atoms with E-state index in [9.17, 15) is 4.79 Å². The Balaban J connectivity index is 1.83. The number of fused-ring (bicyclic) bond motifs is 1. The van der Waals surface area contributed by atoms with E-state index in [1.54, 1.807) is 17.8 Å². The molecule has 1 aromatic heterocycles. The van der Waals surface area contributed by atoms with Crippen LogP contribution in [0.4, 0.5) is 0 Å². The van der Waals surface area contributed by atoms with Crippen molar-refractivity contribution in [1.29, 1.82) is 0 Å². The lowest BCUT2D eigenvalue weighted by Crippen LogP contribution is -1.82. The van der Waals surface area contributed by atoms with Gasteiger partial charge in [0.25, 0.3) is 0 Å². The molecule has 3 rings (SSSR count). The first-order valence-corrected chi connectivity index (χ1v) is 6.51. The Bertz CT molecular complexity index is 557. The summed E-state index contributed by atoms with van der Waals surface area (Å²) in [6, 6.07) is 10.1. The van der Waals surface area contributed by atoms with E-state index in [4.69, 9.17) is 4.42 Å². The van der Waals surface area contributed by atoms with Crippen molar-refractivity contribution in [2.45, 2.75) is 29.3 Å². The van der Waals surface area contributed by atoms with Gasteiger partial charge >= 0.3 is 0 Å². The summed E-state index contributed by atoms with van der Waals surface area (Å²) in [5, 5.41) is 0.769. The van der Waals surface area contributed by atoms with Crippen LogP contribution in [0.1, 0.15) is 28.1 Å². The van der Waals surface area contributed by atoms with E-state index < -0.39 is 0 Å². The number of aryl methyl sites for hydroxylation is 2. The summed E-state index contributed by atoms with van der Waals surface area (Å²) in [4.78, 5) is 11.7. The fourth-order valence-corrected chi connectivity index (χ4v) is 3.02. The van der Waals surface area contributed by atoms with Crippen molar-refractivity contribution < 1.29 is 9.21 Å². The minimum atomic E-state index is 0.383. The highest BCUT2D eigenvalue weighted by atomic mass is 32.2. The molecule has 86 valence electrons. The molecule has 3 heteroatoms. The number of rotatable bonds is 3. The lowest BCUT2D eigenvalue weighted by molar-refractivity contribution is 0.109. The molecule has 0 radical (unpaired) electrons. The van der Waals surface area contributed by atoms with Gasteiger partial charge in [-0.25, -0.2) is 0 Å². The van der Waals surface area contributed by atoms with Crippen LogP contribution in [0.2, 0.25) is 0 Å². The third-order valence-corrected chi connectivity index (χ3v) is 3.92. The van der Waals surface area contributed by atoms with Gasteiger partial charge in [-0.3, -0.25) is 4.79 Å². The third kappa shape index (κ3) is 2.15. The molecule has 1 aromatic carbocycles. The predicted molar refractivity (Wildman–Crippen MR) is 66.7 cm³/mol. The van der Waals surface area contributed by atoms with E-state index in [1.165, 1.54) is 35.3 Å². The van der Waals surface area contributed by atoms with E-state index >= 15 is 0 Å². The maximum atomic E-state index is 10.5. The molecule has 2 aromatic rings. The van der Waals surface area contributed by atoms with Crippen LogP contribution in [0.3, 0.4) is 0 Å². The quantitative estimate of drug-likeness (QED) is 0.771. The first-order chi connectivity index (χ1) is 8.35. The molecule has 0 amide bonds. The van der Waals surface area contributed by atoms with Crippen molar-refractivity contribution in [3.63, 3.8) is 0 Å². The minimum absolute atomic E-state index is 0.383. The van der Waals surface area contributed by atoms with Crippen LogP contribution in [0.15, 0.2) is 44.7 Å². The lowest BCUT2D eigenvalue weighted by atomic mass is 10.1. The Morgan fingerprint density at radius 2 is 2.00 bits per heavy atom. The van der Waals surface area contributed by atoms with Crippen LogP contribution >= 0.6 is 11.8 Å². The Morgan fingerprint density at radius 3 is 2.82 bits per heavy atom. The first kappa shape index (κ1) is 10.7. The Labute approximate surface area is 104 Å². The summed E-state index contributed by atoms with van der Waals surface area (Å²) in [7, 11) is 0. The SMILES string of the molecule is O=Cc1ccc(Sc2ccc3c(c2)CCC3)o1. The van der Waals surface area contributed by atoms with E-state index in [0.29, 0.717) is 5.76 Å². The summed E-state index contributed by atoms with van der Waals surface area (Å²) in [6.07, 6.45) is 4.38. The van der Waals surface area contributed by atoms with Crippen molar-refractivity contribution in [3.05, 3.63) is 47.2 Å². The maximum Gasteiger partial charge on any atom is 0.185 e.